The van der Waals surface area contributed by atoms with Crippen molar-refractivity contribution in [2.45, 2.75) is 103 Å². The largest absolute Gasteiger partial charge is 0.393 e. The summed E-state index contributed by atoms with van der Waals surface area (Å²) in [7, 11) is 0. The van der Waals surface area contributed by atoms with Crippen LogP contribution < -0.4 is 5.32 Å². The standard InChI is InChI=1S/C28H43NO/c1-2-16-28(30)20-15-10-8-6-4-3-5-7-9-12-17-25-21-23-27(24-22-25)29-26-18-13-11-14-19-26/h11,13-14,18-19,21-24,28-30H,2-10,12,15-17,20H2,1H3. The van der Waals surface area contributed by atoms with Gasteiger partial charge in [0.25, 0.3) is 0 Å². The molecule has 0 bridgehead atoms. The summed E-state index contributed by atoms with van der Waals surface area (Å²) in [6, 6.07) is 19.2. The lowest BCUT2D eigenvalue weighted by Gasteiger charge is -2.08. The monoisotopic (exact) mass is 409 g/mol. The van der Waals surface area contributed by atoms with Crippen LogP contribution in [0.3, 0.4) is 0 Å². The van der Waals surface area contributed by atoms with Crippen LogP contribution in [0, 0.1) is 0 Å². The van der Waals surface area contributed by atoms with Crippen LogP contribution in [0.5, 0.6) is 0 Å². The maximum absolute atomic E-state index is 9.73. The van der Waals surface area contributed by atoms with Crippen molar-refractivity contribution in [1.29, 1.82) is 0 Å². The molecule has 2 nitrogen and oxygen atoms in total. The molecule has 0 saturated carbocycles. The van der Waals surface area contributed by atoms with Crippen LogP contribution in [0.1, 0.15) is 96.0 Å². The molecule has 30 heavy (non-hydrogen) atoms. The van der Waals surface area contributed by atoms with E-state index in [1.54, 1.807) is 0 Å². The van der Waals surface area contributed by atoms with Crippen LogP contribution in [0.2, 0.25) is 0 Å². The van der Waals surface area contributed by atoms with Crippen LogP contribution in [0.25, 0.3) is 0 Å². The summed E-state index contributed by atoms with van der Waals surface area (Å²) in [6.07, 6.45) is 17.6. The highest BCUT2D eigenvalue weighted by molar-refractivity contribution is 5.59. The lowest BCUT2D eigenvalue weighted by Crippen LogP contribution is -2.04. The van der Waals surface area contributed by atoms with Gasteiger partial charge in [-0.05, 0) is 55.5 Å². The Hall–Kier alpha value is -1.80. The second-order valence-corrected chi connectivity index (χ2v) is 8.70. The maximum Gasteiger partial charge on any atom is 0.0540 e. The number of nitrogens with one attached hydrogen (secondary N) is 1. The third kappa shape index (κ3) is 11.4. The van der Waals surface area contributed by atoms with E-state index in [-0.39, 0.29) is 6.10 Å². The minimum atomic E-state index is -0.0566. The van der Waals surface area contributed by atoms with Crippen molar-refractivity contribution in [3.05, 3.63) is 60.2 Å². The van der Waals surface area contributed by atoms with Crippen LogP contribution in [-0.2, 0) is 6.42 Å². The Labute approximate surface area is 185 Å². The predicted molar refractivity (Wildman–Crippen MR) is 132 cm³/mol. The number of rotatable bonds is 17. The van der Waals surface area contributed by atoms with Crippen LogP contribution in [0.4, 0.5) is 11.4 Å². The SMILES string of the molecule is CCCC(O)CCCCCCCCCCCCc1ccc(Nc2ccccc2)cc1. The Morgan fingerprint density at radius 2 is 1.17 bits per heavy atom. The van der Waals surface area contributed by atoms with Gasteiger partial charge < -0.3 is 10.4 Å². The maximum atomic E-state index is 9.73. The van der Waals surface area contributed by atoms with E-state index in [0.717, 1.165) is 30.6 Å². The second-order valence-electron chi connectivity index (χ2n) is 8.70. The van der Waals surface area contributed by atoms with E-state index in [0.29, 0.717) is 0 Å². The van der Waals surface area contributed by atoms with E-state index in [1.807, 2.05) is 6.07 Å². The molecule has 0 radical (unpaired) electrons. The lowest BCUT2D eigenvalue weighted by molar-refractivity contribution is 0.150. The van der Waals surface area contributed by atoms with Crippen molar-refractivity contribution in [3.63, 3.8) is 0 Å². The number of aliphatic hydroxyl groups is 1. The third-order valence-corrected chi connectivity index (χ3v) is 5.89. The third-order valence-electron chi connectivity index (χ3n) is 5.89. The zero-order chi connectivity index (χ0) is 21.3. The molecule has 0 amide bonds. The Kier molecular flexibility index (Phi) is 13.0. The molecule has 0 heterocycles. The van der Waals surface area contributed by atoms with Gasteiger partial charge in [0.05, 0.1) is 6.10 Å². The molecule has 0 aliphatic rings. The highest BCUT2D eigenvalue weighted by atomic mass is 16.3. The molecule has 166 valence electrons. The molecule has 0 aliphatic heterocycles. The first-order valence-corrected chi connectivity index (χ1v) is 12.4. The zero-order valence-corrected chi connectivity index (χ0v) is 19.1. The zero-order valence-electron chi connectivity index (χ0n) is 19.1. The molecular weight excluding hydrogens is 366 g/mol. The number of hydrogen-bond acceptors (Lipinski definition) is 2. The Morgan fingerprint density at radius 3 is 1.77 bits per heavy atom. The first-order valence-electron chi connectivity index (χ1n) is 12.4. The number of anilines is 2. The number of benzene rings is 2. The van der Waals surface area contributed by atoms with Crippen molar-refractivity contribution >= 4 is 11.4 Å². The predicted octanol–water partition coefficient (Wildman–Crippen LogP) is 8.42. The molecule has 2 rings (SSSR count). The number of aliphatic hydroxyl groups excluding tert-OH is 1. The first kappa shape index (κ1) is 24.5. The number of para-hydroxylation sites is 1. The van der Waals surface area contributed by atoms with E-state index in [2.05, 4.69) is 60.8 Å². The Balaban J connectivity index is 1.41. The van der Waals surface area contributed by atoms with Gasteiger partial charge >= 0.3 is 0 Å². The van der Waals surface area contributed by atoms with Crippen LogP contribution in [-0.4, -0.2) is 11.2 Å². The smallest absolute Gasteiger partial charge is 0.0540 e. The van der Waals surface area contributed by atoms with Gasteiger partial charge in [-0.1, -0.05) is 101 Å². The van der Waals surface area contributed by atoms with Crippen LogP contribution in [0.15, 0.2) is 54.6 Å². The van der Waals surface area contributed by atoms with E-state index in [1.165, 1.54) is 76.2 Å². The molecule has 2 heteroatoms. The van der Waals surface area contributed by atoms with E-state index < -0.39 is 0 Å². The Morgan fingerprint density at radius 1 is 0.633 bits per heavy atom. The highest BCUT2D eigenvalue weighted by Crippen LogP contribution is 2.18. The molecule has 0 aromatic heterocycles. The van der Waals surface area contributed by atoms with Gasteiger partial charge in [0.2, 0.25) is 0 Å². The van der Waals surface area contributed by atoms with Gasteiger partial charge in [-0.3, -0.25) is 0 Å². The lowest BCUT2D eigenvalue weighted by atomic mass is 10.0. The van der Waals surface area contributed by atoms with Crippen molar-refractivity contribution in [3.8, 4) is 0 Å². The molecule has 2 aromatic rings. The molecule has 0 fully saturated rings. The van der Waals surface area contributed by atoms with Gasteiger partial charge in [-0.2, -0.15) is 0 Å². The molecule has 0 aliphatic carbocycles. The van der Waals surface area contributed by atoms with Gasteiger partial charge in [0.15, 0.2) is 0 Å². The number of aryl methyl sites for hydroxylation is 1. The summed E-state index contributed by atoms with van der Waals surface area (Å²) in [5.41, 5.74) is 3.73. The van der Waals surface area contributed by atoms with Crippen molar-refractivity contribution in [1.82, 2.24) is 0 Å². The summed E-state index contributed by atoms with van der Waals surface area (Å²) in [6.45, 7) is 2.14. The van der Waals surface area contributed by atoms with Crippen molar-refractivity contribution in [2.75, 3.05) is 5.32 Å². The Bertz CT molecular complexity index is 637. The molecule has 2 N–H and O–H groups in total. The topological polar surface area (TPSA) is 32.3 Å². The highest BCUT2D eigenvalue weighted by Gasteiger charge is 2.01. The minimum Gasteiger partial charge on any atom is -0.393 e. The van der Waals surface area contributed by atoms with Crippen LogP contribution >= 0.6 is 0 Å². The number of unbranched alkanes of at least 4 members (excludes halogenated alkanes) is 9. The van der Waals surface area contributed by atoms with Crippen molar-refractivity contribution < 1.29 is 5.11 Å². The quantitative estimate of drug-likeness (QED) is 0.257. The summed E-state index contributed by atoms with van der Waals surface area (Å²) in [5.74, 6) is 0. The van der Waals surface area contributed by atoms with Gasteiger partial charge in [-0.15, -0.1) is 0 Å². The van der Waals surface area contributed by atoms with Crippen molar-refractivity contribution in [2.24, 2.45) is 0 Å². The summed E-state index contributed by atoms with van der Waals surface area (Å²) < 4.78 is 0. The van der Waals surface area contributed by atoms with Gasteiger partial charge in [0.1, 0.15) is 0 Å². The average molecular weight is 410 g/mol. The summed E-state index contributed by atoms with van der Waals surface area (Å²) in [4.78, 5) is 0. The fourth-order valence-electron chi connectivity index (χ4n) is 4.04. The van der Waals surface area contributed by atoms with E-state index >= 15 is 0 Å². The van der Waals surface area contributed by atoms with E-state index in [4.69, 9.17) is 0 Å². The first-order chi connectivity index (χ1) is 14.8. The van der Waals surface area contributed by atoms with Gasteiger partial charge in [-0.25, -0.2) is 0 Å². The molecule has 0 saturated heterocycles. The molecule has 2 aromatic carbocycles. The molecule has 0 spiro atoms. The average Bonchev–Trinajstić information content (AvgIpc) is 2.76. The van der Waals surface area contributed by atoms with Gasteiger partial charge in [0, 0.05) is 11.4 Å². The second kappa shape index (κ2) is 16.0. The molecule has 1 atom stereocenters. The van der Waals surface area contributed by atoms with E-state index in [9.17, 15) is 5.11 Å². The molecular formula is C28H43NO. The number of hydrogen-bond donors (Lipinski definition) is 2. The minimum absolute atomic E-state index is 0.0566. The summed E-state index contributed by atoms with van der Waals surface area (Å²) >= 11 is 0. The summed E-state index contributed by atoms with van der Waals surface area (Å²) in [5, 5.41) is 13.2. The fourth-order valence-corrected chi connectivity index (χ4v) is 4.04. The molecule has 1 unspecified atom stereocenters. The normalized spacial score (nSPS) is 12.1. The fraction of sp³-hybridized carbons (Fsp3) is 0.571.